The van der Waals surface area contributed by atoms with E-state index in [1.54, 1.807) is 0 Å². The van der Waals surface area contributed by atoms with Crippen LogP contribution < -0.4 is 5.73 Å². The van der Waals surface area contributed by atoms with Crippen molar-refractivity contribution in [1.82, 2.24) is 4.90 Å². The van der Waals surface area contributed by atoms with Crippen LogP contribution in [0.2, 0.25) is 0 Å². The summed E-state index contributed by atoms with van der Waals surface area (Å²) in [6.45, 7) is 11.1. The molecule has 0 aromatic heterocycles. The molecule has 98 valence electrons. The lowest BCUT2D eigenvalue weighted by Crippen LogP contribution is -2.54. The van der Waals surface area contributed by atoms with Gasteiger partial charge in [0.1, 0.15) is 0 Å². The van der Waals surface area contributed by atoms with Crippen LogP contribution in [-0.2, 0) is 0 Å². The Morgan fingerprint density at radius 1 is 1.31 bits per heavy atom. The second-order valence-corrected chi connectivity index (χ2v) is 5.91. The predicted octanol–water partition coefficient (Wildman–Crippen LogP) is 1.84. The van der Waals surface area contributed by atoms with E-state index in [0.717, 1.165) is 12.8 Å². The molecule has 3 unspecified atom stereocenters. The van der Waals surface area contributed by atoms with Crippen LogP contribution in [0, 0.1) is 5.41 Å². The summed E-state index contributed by atoms with van der Waals surface area (Å²) >= 11 is 0. The minimum absolute atomic E-state index is 0.0600. The summed E-state index contributed by atoms with van der Waals surface area (Å²) in [6, 6.07) is 0.520. The fourth-order valence-corrected chi connectivity index (χ4v) is 1.99. The second kappa shape index (κ2) is 6.58. The van der Waals surface area contributed by atoms with Crippen molar-refractivity contribution in [3.05, 3.63) is 0 Å². The Balaban J connectivity index is 4.58. The molecule has 0 saturated heterocycles. The van der Waals surface area contributed by atoms with Gasteiger partial charge < -0.3 is 10.8 Å². The van der Waals surface area contributed by atoms with E-state index in [9.17, 15) is 5.11 Å². The fraction of sp³-hybridized carbons (Fsp3) is 1.00. The van der Waals surface area contributed by atoms with Crippen LogP contribution >= 0.6 is 0 Å². The first kappa shape index (κ1) is 15.9. The first-order chi connectivity index (χ1) is 7.25. The maximum absolute atomic E-state index is 9.49. The quantitative estimate of drug-likeness (QED) is 0.732. The summed E-state index contributed by atoms with van der Waals surface area (Å²) in [6.07, 6.45) is 2.03. The minimum Gasteiger partial charge on any atom is -0.395 e. The minimum atomic E-state index is 0.0600. The fourth-order valence-electron chi connectivity index (χ4n) is 1.99. The summed E-state index contributed by atoms with van der Waals surface area (Å²) in [5.41, 5.74) is 6.32. The maximum atomic E-state index is 9.49. The molecule has 0 aliphatic carbocycles. The molecule has 0 bridgehead atoms. The molecule has 3 heteroatoms. The Morgan fingerprint density at radius 2 is 1.81 bits per heavy atom. The Kier molecular flexibility index (Phi) is 6.53. The van der Waals surface area contributed by atoms with Gasteiger partial charge in [-0.15, -0.1) is 0 Å². The van der Waals surface area contributed by atoms with Gasteiger partial charge in [-0.2, -0.15) is 0 Å². The number of hydrogen-bond donors (Lipinski definition) is 2. The van der Waals surface area contributed by atoms with Crippen molar-refractivity contribution in [1.29, 1.82) is 0 Å². The first-order valence-corrected chi connectivity index (χ1v) is 6.34. The normalized spacial score (nSPS) is 18.6. The van der Waals surface area contributed by atoms with Crippen LogP contribution in [0.25, 0.3) is 0 Å². The highest BCUT2D eigenvalue weighted by molar-refractivity contribution is 4.86. The van der Waals surface area contributed by atoms with Gasteiger partial charge >= 0.3 is 0 Å². The zero-order valence-corrected chi connectivity index (χ0v) is 11.8. The Bertz CT molecular complexity index is 189. The maximum Gasteiger partial charge on any atom is 0.0601 e. The molecule has 0 amide bonds. The standard InChI is InChI=1S/C13H30N2O/c1-7-8-11(14)12(9-16)15(6)10(2)13(3,4)5/h10-12,16H,7-9,14H2,1-6H3. The summed E-state index contributed by atoms with van der Waals surface area (Å²) in [5, 5.41) is 9.49. The summed E-state index contributed by atoms with van der Waals surface area (Å²) in [4.78, 5) is 2.22. The van der Waals surface area contributed by atoms with Gasteiger partial charge in [0.05, 0.1) is 6.61 Å². The molecule has 0 aliphatic heterocycles. The van der Waals surface area contributed by atoms with E-state index in [1.807, 2.05) is 0 Å². The van der Waals surface area contributed by atoms with Crippen molar-refractivity contribution in [2.24, 2.45) is 11.1 Å². The summed E-state index contributed by atoms with van der Waals surface area (Å²) < 4.78 is 0. The predicted molar refractivity (Wildman–Crippen MR) is 70.4 cm³/mol. The van der Waals surface area contributed by atoms with Crippen LogP contribution in [0.5, 0.6) is 0 Å². The molecule has 3 atom stereocenters. The van der Waals surface area contributed by atoms with Crippen LogP contribution in [0.1, 0.15) is 47.5 Å². The molecule has 0 spiro atoms. The SMILES string of the molecule is CCCC(N)C(CO)N(C)C(C)C(C)(C)C. The van der Waals surface area contributed by atoms with E-state index in [4.69, 9.17) is 5.73 Å². The third-order valence-electron chi connectivity index (χ3n) is 3.69. The molecule has 16 heavy (non-hydrogen) atoms. The molecule has 0 aromatic carbocycles. The lowest BCUT2D eigenvalue weighted by molar-refractivity contribution is 0.0490. The largest absolute Gasteiger partial charge is 0.395 e. The van der Waals surface area contributed by atoms with Crippen molar-refractivity contribution in [2.45, 2.75) is 65.6 Å². The lowest BCUT2D eigenvalue weighted by Gasteiger charge is -2.41. The van der Waals surface area contributed by atoms with Crippen LogP contribution in [0.15, 0.2) is 0 Å². The molecule has 0 radical (unpaired) electrons. The van der Waals surface area contributed by atoms with Gasteiger partial charge in [0.15, 0.2) is 0 Å². The molecular formula is C13H30N2O. The van der Waals surface area contributed by atoms with E-state index in [1.165, 1.54) is 0 Å². The molecule has 0 aliphatic rings. The first-order valence-electron chi connectivity index (χ1n) is 6.34. The lowest BCUT2D eigenvalue weighted by atomic mass is 9.85. The van der Waals surface area contributed by atoms with Crippen LogP contribution in [0.4, 0.5) is 0 Å². The topological polar surface area (TPSA) is 49.5 Å². The van der Waals surface area contributed by atoms with Gasteiger partial charge in [-0.05, 0) is 25.8 Å². The molecule has 0 saturated carbocycles. The highest BCUT2D eigenvalue weighted by atomic mass is 16.3. The van der Waals surface area contributed by atoms with Crippen molar-refractivity contribution in [3.8, 4) is 0 Å². The van der Waals surface area contributed by atoms with Gasteiger partial charge in [-0.1, -0.05) is 34.1 Å². The van der Waals surface area contributed by atoms with Gasteiger partial charge in [0.2, 0.25) is 0 Å². The van der Waals surface area contributed by atoms with Crippen molar-refractivity contribution in [3.63, 3.8) is 0 Å². The molecular weight excluding hydrogens is 200 g/mol. The van der Waals surface area contributed by atoms with E-state index in [-0.39, 0.29) is 24.1 Å². The average molecular weight is 230 g/mol. The molecule has 0 heterocycles. The number of aliphatic hydroxyl groups is 1. The number of likely N-dealkylation sites (N-methyl/N-ethyl adjacent to an activating group) is 1. The van der Waals surface area contributed by atoms with Crippen LogP contribution in [0.3, 0.4) is 0 Å². The Hall–Kier alpha value is -0.120. The van der Waals surface area contributed by atoms with Crippen molar-refractivity contribution < 1.29 is 5.11 Å². The zero-order valence-electron chi connectivity index (χ0n) is 11.8. The number of aliphatic hydroxyl groups excluding tert-OH is 1. The molecule has 0 rings (SSSR count). The molecule has 0 fully saturated rings. The van der Waals surface area contributed by atoms with Gasteiger partial charge in [-0.25, -0.2) is 0 Å². The van der Waals surface area contributed by atoms with E-state index < -0.39 is 0 Å². The molecule has 3 N–H and O–H groups in total. The zero-order chi connectivity index (χ0) is 12.9. The third-order valence-corrected chi connectivity index (χ3v) is 3.69. The van der Waals surface area contributed by atoms with Gasteiger partial charge in [0.25, 0.3) is 0 Å². The van der Waals surface area contributed by atoms with Crippen molar-refractivity contribution in [2.75, 3.05) is 13.7 Å². The summed E-state index contributed by atoms with van der Waals surface area (Å²) in [7, 11) is 2.06. The average Bonchev–Trinajstić information content (AvgIpc) is 2.16. The smallest absolute Gasteiger partial charge is 0.0601 e. The third kappa shape index (κ3) is 4.40. The highest BCUT2D eigenvalue weighted by Crippen LogP contribution is 2.25. The number of rotatable bonds is 6. The Morgan fingerprint density at radius 3 is 2.12 bits per heavy atom. The van der Waals surface area contributed by atoms with Crippen molar-refractivity contribution >= 4 is 0 Å². The number of nitrogens with zero attached hydrogens (tertiary/aromatic N) is 1. The van der Waals surface area contributed by atoms with E-state index in [2.05, 4.69) is 46.6 Å². The Labute approximate surface area is 101 Å². The molecule has 3 nitrogen and oxygen atoms in total. The van der Waals surface area contributed by atoms with Crippen LogP contribution in [-0.4, -0.2) is 41.8 Å². The van der Waals surface area contributed by atoms with Gasteiger partial charge in [0, 0.05) is 18.1 Å². The second-order valence-electron chi connectivity index (χ2n) is 5.91. The number of hydrogen-bond acceptors (Lipinski definition) is 3. The monoisotopic (exact) mass is 230 g/mol. The van der Waals surface area contributed by atoms with Gasteiger partial charge in [-0.3, -0.25) is 4.90 Å². The van der Waals surface area contributed by atoms with E-state index >= 15 is 0 Å². The number of nitrogens with two attached hydrogens (primary N) is 1. The highest BCUT2D eigenvalue weighted by Gasteiger charge is 2.30. The summed E-state index contributed by atoms with van der Waals surface area (Å²) in [5.74, 6) is 0. The molecule has 0 aromatic rings. The van der Waals surface area contributed by atoms with E-state index in [0.29, 0.717) is 6.04 Å².